The van der Waals surface area contributed by atoms with Crippen LogP contribution < -0.4 is 10.1 Å². The zero-order valence-corrected chi connectivity index (χ0v) is 11.3. The fourth-order valence-corrected chi connectivity index (χ4v) is 1.58. The van der Waals surface area contributed by atoms with Crippen molar-refractivity contribution in [3.05, 3.63) is 42.5 Å². The van der Waals surface area contributed by atoms with E-state index in [-0.39, 0.29) is 19.0 Å². The second-order valence-electron chi connectivity index (χ2n) is 4.22. The molecule has 1 aromatic heterocycles. The number of aromatic nitrogens is 2. The Hall–Kier alpha value is -2.64. The molecule has 1 amide bonds. The minimum Gasteiger partial charge on any atom is -0.475 e. The Kier molecular flexibility index (Phi) is 4.92. The maximum absolute atomic E-state index is 11.9. The molecule has 0 fully saturated rings. The van der Waals surface area contributed by atoms with Crippen molar-refractivity contribution in [1.29, 1.82) is 0 Å². The third-order valence-electron chi connectivity index (χ3n) is 2.60. The Morgan fingerprint density at radius 3 is 2.41 bits per heavy atom. The average Bonchev–Trinajstić information content (AvgIpc) is 2.52. The molecule has 0 saturated heterocycles. The van der Waals surface area contributed by atoms with Gasteiger partial charge < -0.3 is 10.1 Å². The van der Waals surface area contributed by atoms with Gasteiger partial charge in [0.05, 0.1) is 12.2 Å². The van der Waals surface area contributed by atoms with Gasteiger partial charge in [0, 0.05) is 11.6 Å². The van der Waals surface area contributed by atoms with E-state index >= 15 is 0 Å². The molecule has 116 valence electrons. The molecular formula is C14H12F3N3O2. The first-order chi connectivity index (χ1) is 10.5. The van der Waals surface area contributed by atoms with Crippen LogP contribution in [0.2, 0.25) is 0 Å². The van der Waals surface area contributed by atoms with Crippen LogP contribution in [0.1, 0.15) is 0 Å². The predicted octanol–water partition coefficient (Wildman–Crippen LogP) is 2.20. The summed E-state index contributed by atoms with van der Waals surface area (Å²) in [5.74, 6) is -1.83. The van der Waals surface area contributed by atoms with Crippen molar-refractivity contribution in [2.45, 2.75) is 6.18 Å². The van der Waals surface area contributed by atoms with E-state index in [0.717, 1.165) is 5.56 Å². The third kappa shape index (κ3) is 4.44. The van der Waals surface area contributed by atoms with Crippen molar-refractivity contribution in [3.63, 3.8) is 0 Å². The lowest BCUT2D eigenvalue weighted by molar-refractivity contribution is -0.173. The largest absolute Gasteiger partial charge is 0.475 e. The normalized spacial score (nSPS) is 11.0. The summed E-state index contributed by atoms with van der Waals surface area (Å²) in [7, 11) is 0. The second-order valence-corrected chi connectivity index (χ2v) is 4.22. The Balaban J connectivity index is 1.81. The minimum absolute atomic E-state index is 0.138. The van der Waals surface area contributed by atoms with Gasteiger partial charge in [0.25, 0.3) is 0 Å². The molecule has 0 bridgehead atoms. The summed E-state index contributed by atoms with van der Waals surface area (Å²) in [6, 6.07) is 12.6. The van der Waals surface area contributed by atoms with Gasteiger partial charge in [-0.3, -0.25) is 4.79 Å². The molecule has 0 radical (unpaired) electrons. The smallest absolute Gasteiger partial charge is 0.471 e. The number of hydrogen-bond acceptors (Lipinski definition) is 4. The number of ether oxygens (including phenoxy) is 1. The zero-order valence-electron chi connectivity index (χ0n) is 11.3. The van der Waals surface area contributed by atoms with Crippen molar-refractivity contribution in [2.75, 3.05) is 13.2 Å². The Morgan fingerprint density at radius 2 is 1.82 bits per heavy atom. The highest BCUT2D eigenvalue weighted by Gasteiger charge is 2.38. The second kappa shape index (κ2) is 6.88. The fourth-order valence-electron chi connectivity index (χ4n) is 1.58. The van der Waals surface area contributed by atoms with Gasteiger partial charge in [-0.25, -0.2) is 0 Å². The molecule has 1 aromatic carbocycles. The van der Waals surface area contributed by atoms with E-state index in [1.165, 1.54) is 0 Å². The number of carbonyl (C=O) groups is 1. The lowest BCUT2D eigenvalue weighted by atomic mass is 10.1. The number of rotatable bonds is 5. The molecule has 0 unspecified atom stereocenters. The highest BCUT2D eigenvalue weighted by molar-refractivity contribution is 5.81. The standard InChI is InChI=1S/C14H12F3N3O2/c15-14(16,17)13(21)18-8-9-22-12-7-6-11(19-20-12)10-4-2-1-3-5-10/h1-7H,8-9H2,(H,18,21). The molecule has 2 aromatic rings. The van der Waals surface area contributed by atoms with Gasteiger partial charge in [0.2, 0.25) is 5.88 Å². The molecule has 0 atom stereocenters. The summed E-state index contributed by atoms with van der Waals surface area (Å²) in [5.41, 5.74) is 1.54. The van der Waals surface area contributed by atoms with Crippen LogP contribution in [-0.2, 0) is 4.79 Å². The number of alkyl halides is 3. The van der Waals surface area contributed by atoms with E-state index in [1.54, 1.807) is 17.4 Å². The number of hydrogen-bond donors (Lipinski definition) is 1. The molecule has 1 heterocycles. The summed E-state index contributed by atoms with van der Waals surface area (Å²) >= 11 is 0. The van der Waals surface area contributed by atoms with Gasteiger partial charge in [-0.2, -0.15) is 13.2 Å². The van der Waals surface area contributed by atoms with E-state index in [4.69, 9.17) is 4.74 Å². The summed E-state index contributed by atoms with van der Waals surface area (Å²) < 4.78 is 40.9. The van der Waals surface area contributed by atoms with Gasteiger partial charge in [-0.1, -0.05) is 30.3 Å². The molecule has 1 N–H and O–H groups in total. The number of halogens is 3. The van der Waals surface area contributed by atoms with Gasteiger partial charge >= 0.3 is 12.1 Å². The first-order valence-corrected chi connectivity index (χ1v) is 6.34. The van der Waals surface area contributed by atoms with Crippen LogP contribution in [0.25, 0.3) is 11.3 Å². The minimum atomic E-state index is -4.89. The molecule has 8 heteroatoms. The molecule has 2 rings (SSSR count). The average molecular weight is 311 g/mol. The van der Waals surface area contributed by atoms with Gasteiger partial charge in [-0.05, 0) is 6.07 Å². The molecule has 0 aliphatic rings. The Bertz CT molecular complexity index is 615. The summed E-state index contributed by atoms with van der Waals surface area (Å²) in [4.78, 5) is 10.6. The number of nitrogens with one attached hydrogen (secondary N) is 1. The van der Waals surface area contributed by atoms with Gasteiger partial charge in [0.1, 0.15) is 6.61 Å². The number of carbonyl (C=O) groups excluding carboxylic acids is 1. The highest BCUT2D eigenvalue weighted by Crippen LogP contribution is 2.17. The number of nitrogens with zero attached hydrogens (tertiary/aromatic N) is 2. The van der Waals surface area contributed by atoms with Gasteiger partial charge in [-0.15, -0.1) is 10.2 Å². The highest BCUT2D eigenvalue weighted by atomic mass is 19.4. The van der Waals surface area contributed by atoms with Crippen molar-refractivity contribution in [1.82, 2.24) is 15.5 Å². The number of amides is 1. The van der Waals surface area contributed by atoms with E-state index in [0.29, 0.717) is 5.69 Å². The Labute approximate surface area is 124 Å². The van der Waals surface area contributed by atoms with Crippen LogP contribution in [0, 0.1) is 0 Å². The molecule has 0 aliphatic carbocycles. The summed E-state index contributed by atoms with van der Waals surface area (Å²) in [6.07, 6.45) is -4.89. The SMILES string of the molecule is O=C(NCCOc1ccc(-c2ccccc2)nn1)C(F)(F)F. The van der Waals surface area contributed by atoms with Crippen molar-refractivity contribution < 1.29 is 22.7 Å². The maximum Gasteiger partial charge on any atom is 0.471 e. The molecule has 5 nitrogen and oxygen atoms in total. The van der Waals surface area contributed by atoms with Crippen LogP contribution in [0.3, 0.4) is 0 Å². The van der Waals surface area contributed by atoms with Crippen molar-refractivity contribution in [2.24, 2.45) is 0 Å². The molecule has 0 aliphatic heterocycles. The van der Waals surface area contributed by atoms with E-state index in [1.807, 2.05) is 30.3 Å². The van der Waals surface area contributed by atoms with Crippen LogP contribution in [0.5, 0.6) is 5.88 Å². The first kappa shape index (κ1) is 15.7. The monoisotopic (exact) mass is 311 g/mol. The van der Waals surface area contributed by atoms with Crippen LogP contribution >= 0.6 is 0 Å². The van der Waals surface area contributed by atoms with Crippen LogP contribution in [0.15, 0.2) is 42.5 Å². The van der Waals surface area contributed by atoms with Crippen LogP contribution in [0.4, 0.5) is 13.2 Å². The predicted molar refractivity (Wildman–Crippen MR) is 72.0 cm³/mol. The van der Waals surface area contributed by atoms with Crippen LogP contribution in [-0.4, -0.2) is 35.4 Å². The lowest BCUT2D eigenvalue weighted by Crippen LogP contribution is -2.38. The zero-order chi connectivity index (χ0) is 16.0. The van der Waals surface area contributed by atoms with Crippen molar-refractivity contribution in [3.8, 4) is 17.1 Å². The third-order valence-corrected chi connectivity index (χ3v) is 2.60. The molecular weight excluding hydrogens is 299 g/mol. The van der Waals surface area contributed by atoms with E-state index in [9.17, 15) is 18.0 Å². The molecule has 0 spiro atoms. The van der Waals surface area contributed by atoms with E-state index < -0.39 is 12.1 Å². The fraction of sp³-hybridized carbons (Fsp3) is 0.214. The summed E-state index contributed by atoms with van der Waals surface area (Å²) in [5, 5.41) is 9.47. The molecule has 22 heavy (non-hydrogen) atoms. The number of benzene rings is 1. The quantitative estimate of drug-likeness (QED) is 0.860. The van der Waals surface area contributed by atoms with Crippen molar-refractivity contribution >= 4 is 5.91 Å². The summed E-state index contributed by atoms with van der Waals surface area (Å²) in [6.45, 7) is -0.415. The maximum atomic E-state index is 11.9. The van der Waals surface area contributed by atoms with Gasteiger partial charge in [0.15, 0.2) is 0 Å². The molecule has 0 saturated carbocycles. The lowest BCUT2D eigenvalue weighted by Gasteiger charge is -2.08. The first-order valence-electron chi connectivity index (χ1n) is 6.34. The Morgan fingerprint density at radius 1 is 1.09 bits per heavy atom. The van der Waals surface area contributed by atoms with E-state index in [2.05, 4.69) is 10.2 Å². The topological polar surface area (TPSA) is 64.1 Å².